The van der Waals surface area contributed by atoms with Gasteiger partial charge in [-0.15, -0.1) is 12.4 Å². The molecule has 4 rings (SSSR count). The Morgan fingerprint density at radius 1 is 1.12 bits per heavy atom. The second kappa shape index (κ2) is 7.68. The number of para-hydroxylation sites is 3. The second-order valence-electron chi connectivity index (χ2n) is 6.18. The third kappa shape index (κ3) is 3.67. The lowest BCUT2D eigenvalue weighted by Crippen LogP contribution is -2.37. The van der Waals surface area contributed by atoms with Crippen LogP contribution < -0.4 is 10.6 Å². The average Bonchev–Trinajstić information content (AvgIpc) is 3.07. The number of piperidine rings is 1. The molecular weight excluding hydrogens is 336 g/mol. The fourth-order valence-electron chi connectivity index (χ4n) is 3.19. The average molecular weight is 357 g/mol. The van der Waals surface area contributed by atoms with Crippen LogP contribution in [0.4, 0.5) is 5.69 Å². The molecule has 2 heterocycles. The summed E-state index contributed by atoms with van der Waals surface area (Å²) < 4.78 is 0. The number of hydrogen-bond donors (Lipinski definition) is 3. The monoisotopic (exact) mass is 356 g/mol. The first-order chi connectivity index (χ1) is 11.8. The number of hydrogen-bond acceptors (Lipinski definition) is 3. The van der Waals surface area contributed by atoms with Crippen molar-refractivity contribution in [2.75, 3.05) is 18.4 Å². The van der Waals surface area contributed by atoms with Gasteiger partial charge >= 0.3 is 0 Å². The summed E-state index contributed by atoms with van der Waals surface area (Å²) in [6, 6.07) is 15.7. The van der Waals surface area contributed by atoms with Crippen molar-refractivity contribution in [2.45, 2.75) is 12.8 Å². The van der Waals surface area contributed by atoms with Crippen molar-refractivity contribution in [1.29, 1.82) is 0 Å². The number of aromatic nitrogens is 2. The number of fused-ring (bicyclic) bond motifs is 1. The molecule has 1 saturated heterocycles. The van der Waals surface area contributed by atoms with Crippen LogP contribution in [0.2, 0.25) is 0 Å². The number of carbonyl (C=O) groups excluding carboxylic acids is 1. The Morgan fingerprint density at radius 2 is 1.92 bits per heavy atom. The van der Waals surface area contributed by atoms with Gasteiger partial charge in [0.15, 0.2) is 0 Å². The summed E-state index contributed by atoms with van der Waals surface area (Å²) in [5.74, 6) is 0.877. The van der Waals surface area contributed by atoms with Gasteiger partial charge in [-0.3, -0.25) is 4.79 Å². The van der Waals surface area contributed by atoms with Gasteiger partial charge in [0, 0.05) is 12.1 Å². The first-order valence-electron chi connectivity index (χ1n) is 8.37. The molecule has 1 aliphatic rings. The summed E-state index contributed by atoms with van der Waals surface area (Å²) in [6.45, 7) is 1.75. The molecule has 0 bridgehead atoms. The maximum absolute atomic E-state index is 12.5. The topological polar surface area (TPSA) is 69.8 Å². The van der Waals surface area contributed by atoms with Crippen molar-refractivity contribution < 1.29 is 4.79 Å². The number of nitrogens with zero attached hydrogens (tertiary/aromatic N) is 1. The van der Waals surface area contributed by atoms with Crippen LogP contribution in [0, 0.1) is 5.92 Å². The predicted octanol–water partition coefficient (Wildman–Crippen LogP) is 3.59. The van der Waals surface area contributed by atoms with E-state index in [0.717, 1.165) is 54.0 Å². The van der Waals surface area contributed by atoms with Crippen LogP contribution in [-0.2, 0) is 4.79 Å². The Balaban J connectivity index is 0.00000182. The molecule has 1 aromatic heterocycles. The molecule has 1 aliphatic heterocycles. The van der Waals surface area contributed by atoms with Crippen molar-refractivity contribution in [2.24, 2.45) is 5.92 Å². The molecule has 3 aromatic rings. The van der Waals surface area contributed by atoms with Crippen LogP contribution in [0.5, 0.6) is 0 Å². The molecule has 130 valence electrons. The molecule has 1 fully saturated rings. The number of nitrogens with one attached hydrogen (secondary N) is 3. The molecular formula is C19H21ClN4O. The number of amides is 1. The van der Waals surface area contributed by atoms with Gasteiger partial charge in [0.2, 0.25) is 5.91 Å². The molecule has 1 amide bonds. The first-order valence-corrected chi connectivity index (χ1v) is 8.37. The highest BCUT2D eigenvalue weighted by Gasteiger charge is 2.22. The van der Waals surface area contributed by atoms with Crippen molar-refractivity contribution in [3.8, 4) is 11.4 Å². The van der Waals surface area contributed by atoms with Crippen LogP contribution >= 0.6 is 12.4 Å². The summed E-state index contributed by atoms with van der Waals surface area (Å²) in [6.07, 6.45) is 1.98. The van der Waals surface area contributed by atoms with E-state index in [1.165, 1.54) is 0 Å². The molecule has 0 aliphatic carbocycles. The molecule has 5 nitrogen and oxygen atoms in total. The highest BCUT2D eigenvalue weighted by atomic mass is 35.5. The highest BCUT2D eigenvalue weighted by Crippen LogP contribution is 2.28. The van der Waals surface area contributed by atoms with E-state index in [1.807, 2.05) is 48.5 Å². The van der Waals surface area contributed by atoms with Crippen LogP contribution in [0.15, 0.2) is 48.5 Å². The molecule has 2 aromatic carbocycles. The minimum absolute atomic E-state index is 0. The maximum Gasteiger partial charge on any atom is 0.228 e. The van der Waals surface area contributed by atoms with Crippen molar-refractivity contribution in [3.05, 3.63) is 48.5 Å². The fraction of sp³-hybridized carbons (Fsp3) is 0.263. The SMILES string of the molecule is Cl.O=C(Nc1ccccc1-c1nc2ccccc2[nH]1)C1CCCNC1. The van der Waals surface area contributed by atoms with Gasteiger partial charge in [0.1, 0.15) is 5.82 Å². The molecule has 3 N–H and O–H groups in total. The van der Waals surface area contributed by atoms with E-state index in [9.17, 15) is 4.79 Å². The first kappa shape index (κ1) is 17.5. The number of aromatic amines is 1. The summed E-state index contributed by atoms with van der Waals surface area (Å²) >= 11 is 0. The summed E-state index contributed by atoms with van der Waals surface area (Å²) in [5, 5.41) is 6.37. The van der Waals surface area contributed by atoms with Crippen molar-refractivity contribution in [3.63, 3.8) is 0 Å². The molecule has 1 unspecified atom stereocenters. The Hall–Kier alpha value is -2.37. The minimum Gasteiger partial charge on any atom is -0.338 e. The number of H-pyrrole nitrogens is 1. The van der Waals surface area contributed by atoms with Crippen molar-refractivity contribution in [1.82, 2.24) is 15.3 Å². The van der Waals surface area contributed by atoms with Gasteiger partial charge in [0.05, 0.1) is 22.6 Å². The van der Waals surface area contributed by atoms with E-state index in [1.54, 1.807) is 0 Å². The lowest BCUT2D eigenvalue weighted by molar-refractivity contribution is -0.120. The zero-order valence-corrected chi connectivity index (χ0v) is 14.6. The zero-order valence-electron chi connectivity index (χ0n) is 13.8. The van der Waals surface area contributed by atoms with Gasteiger partial charge in [-0.1, -0.05) is 24.3 Å². The molecule has 0 radical (unpaired) electrons. The van der Waals surface area contributed by atoms with E-state index in [0.29, 0.717) is 0 Å². The standard InChI is InChI=1S/C19H20N4O.ClH/c24-19(13-6-5-11-20-12-13)23-15-8-2-1-7-14(15)18-21-16-9-3-4-10-17(16)22-18;/h1-4,7-10,13,20H,5-6,11-12H2,(H,21,22)(H,23,24);1H. The summed E-state index contributed by atoms with van der Waals surface area (Å²) in [5.41, 5.74) is 3.62. The third-order valence-electron chi connectivity index (χ3n) is 4.50. The highest BCUT2D eigenvalue weighted by molar-refractivity contribution is 5.97. The third-order valence-corrected chi connectivity index (χ3v) is 4.50. The normalized spacial score (nSPS) is 17.0. The Kier molecular flexibility index (Phi) is 5.36. The number of benzene rings is 2. The van der Waals surface area contributed by atoms with E-state index in [2.05, 4.69) is 20.6 Å². The number of imidazole rings is 1. The van der Waals surface area contributed by atoms with Gasteiger partial charge in [-0.05, 0) is 43.7 Å². The number of carbonyl (C=O) groups is 1. The van der Waals surface area contributed by atoms with Crippen LogP contribution in [0.1, 0.15) is 12.8 Å². The lowest BCUT2D eigenvalue weighted by Gasteiger charge is -2.22. The lowest BCUT2D eigenvalue weighted by atomic mass is 9.98. The Labute approximate surface area is 152 Å². The van der Waals surface area contributed by atoms with Crippen molar-refractivity contribution >= 4 is 35.0 Å². The number of anilines is 1. The van der Waals surface area contributed by atoms with Gasteiger partial charge in [-0.2, -0.15) is 0 Å². The van der Waals surface area contributed by atoms with Crippen LogP contribution in [-0.4, -0.2) is 29.0 Å². The van der Waals surface area contributed by atoms with E-state index in [-0.39, 0.29) is 24.2 Å². The van der Waals surface area contributed by atoms with Crippen LogP contribution in [0.3, 0.4) is 0 Å². The molecule has 1 atom stereocenters. The quantitative estimate of drug-likeness (QED) is 0.671. The van der Waals surface area contributed by atoms with Crippen LogP contribution in [0.25, 0.3) is 22.4 Å². The number of rotatable bonds is 3. The summed E-state index contributed by atoms with van der Waals surface area (Å²) in [7, 11) is 0. The number of halogens is 1. The van der Waals surface area contributed by atoms with E-state index in [4.69, 9.17) is 0 Å². The predicted molar refractivity (Wildman–Crippen MR) is 103 cm³/mol. The molecule has 0 spiro atoms. The fourth-order valence-corrected chi connectivity index (χ4v) is 3.19. The minimum atomic E-state index is 0. The molecule has 6 heteroatoms. The van der Waals surface area contributed by atoms with Gasteiger partial charge in [-0.25, -0.2) is 4.98 Å². The largest absolute Gasteiger partial charge is 0.338 e. The van der Waals surface area contributed by atoms with E-state index >= 15 is 0 Å². The Morgan fingerprint density at radius 3 is 2.72 bits per heavy atom. The Bertz CT molecular complexity index is 837. The summed E-state index contributed by atoms with van der Waals surface area (Å²) in [4.78, 5) is 20.5. The second-order valence-corrected chi connectivity index (χ2v) is 6.18. The van der Waals surface area contributed by atoms with Gasteiger partial charge in [0.25, 0.3) is 0 Å². The molecule has 0 saturated carbocycles. The molecule has 25 heavy (non-hydrogen) atoms. The van der Waals surface area contributed by atoms with Gasteiger partial charge < -0.3 is 15.6 Å². The smallest absolute Gasteiger partial charge is 0.228 e. The van der Waals surface area contributed by atoms with E-state index < -0.39 is 0 Å². The maximum atomic E-state index is 12.5. The zero-order chi connectivity index (χ0) is 16.4.